The molecule has 0 bridgehead atoms. The van der Waals surface area contributed by atoms with Crippen molar-refractivity contribution < 1.29 is 9.90 Å². The van der Waals surface area contributed by atoms with Crippen LogP contribution in [0.2, 0.25) is 0 Å². The molecule has 0 aliphatic heterocycles. The van der Waals surface area contributed by atoms with E-state index in [4.69, 9.17) is 5.11 Å². The van der Waals surface area contributed by atoms with Crippen LogP contribution >= 0.6 is 11.3 Å². The number of nitrogens with zero attached hydrogens (tertiary/aromatic N) is 2. The fourth-order valence-corrected chi connectivity index (χ4v) is 2.36. The van der Waals surface area contributed by atoms with Gasteiger partial charge in [-0.15, -0.1) is 0 Å². The molecule has 0 saturated heterocycles. The summed E-state index contributed by atoms with van der Waals surface area (Å²) in [6.45, 7) is 2.76. The second-order valence-corrected chi connectivity index (χ2v) is 4.40. The van der Waals surface area contributed by atoms with Gasteiger partial charge in [-0.05, 0) is 19.1 Å². The summed E-state index contributed by atoms with van der Waals surface area (Å²) >= 11 is 1.18. The normalized spacial score (nSPS) is 10.2. The predicted molar refractivity (Wildman–Crippen MR) is 68.2 cm³/mol. The molecule has 1 heterocycles. The van der Waals surface area contributed by atoms with Gasteiger partial charge in [0.05, 0.1) is 6.20 Å². The molecule has 0 aliphatic carbocycles. The van der Waals surface area contributed by atoms with Crippen molar-refractivity contribution in [3.05, 3.63) is 41.4 Å². The van der Waals surface area contributed by atoms with E-state index in [1.807, 2.05) is 42.2 Å². The number of aromatic nitrogens is 1. The van der Waals surface area contributed by atoms with Gasteiger partial charge in [0.2, 0.25) is 0 Å². The van der Waals surface area contributed by atoms with Crippen LogP contribution in [0.5, 0.6) is 0 Å². The monoisotopic (exact) mass is 248 g/mol. The predicted octanol–water partition coefficient (Wildman–Crippen LogP) is 3.00. The van der Waals surface area contributed by atoms with Crippen molar-refractivity contribution in [3.8, 4) is 0 Å². The molecule has 0 aliphatic rings. The van der Waals surface area contributed by atoms with E-state index in [1.54, 1.807) is 0 Å². The van der Waals surface area contributed by atoms with Crippen molar-refractivity contribution in [2.24, 2.45) is 0 Å². The fourth-order valence-electron chi connectivity index (χ4n) is 1.52. The summed E-state index contributed by atoms with van der Waals surface area (Å²) in [5.41, 5.74) is 1.02. The van der Waals surface area contributed by atoms with Crippen LogP contribution in [0.1, 0.15) is 16.6 Å². The number of anilines is 2. The largest absolute Gasteiger partial charge is 0.477 e. The lowest BCUT2D eigenvalue weighted by molar-refractivity contribution is 0.0702. The zero-order valence-electron chi connectivity index (χ0n) is 9.33. The lowest BCUT2D eigenvalue weighted by Gasteiger charge is -2.19. The Morgan fingerprint density at radius 3 is 2.65 bits per heavy atom. The molecule has 0 atom stereocenters. The zero-order chi connectivity index (χ0) is 12.3. The number of carboxylic acids is 1. The van der Waals surface area contributed by atoms with Crippen LogP contribution in [0.25, 0.3) is 0 Å². The molecule has 0 amide bonds. The van der Waals surface area contributed by atoms with Crippen LogP contribution in [0.3, 0.4) is 0 Å². The number of aromatic carboxylic acids is 1. The maximum atomic E-state index is 10.8. The number of thiazole rings is 1. The third kappa shape index (κ3) is 2.45. The molecule has 0 unspecified atom stereocenters. The van der Waals surface area contributed by atoms with Crippen molar-refractivity contribution in [3.63, 3.8) is 0 Å². The Labute approximate surface area is 103 Å². The minimum Gasteiger partial charge on any atom is -0.477 e. The summed E-state index contributed by atoms with van der Waals surface area (Å²) in [5, 5.41) is 9.58. The molecule has 0 radical (unpaired) electrons. The van der Waals surface area contributed by atoms with Gasteiger partial charge in [0.25, 0.3) is 0 Å². The van der Waals surface area contributed by atoms with E-state index in [0.29, 0.717) is 5.13 Å². The van der Waals surface area contributed by atoms with Crippen molar-refractivity contribution in [2.75, 3.05) is 11.4 Å². The summed E-state index contributed by atoms with van der Waals surface area (Å²) in [7, 11) is 0. The van der Waals surface area contributed by atoms with Crippen molar-refractivity contribution >= 4 is 28.1 Å². The topological polar surface area (TPSA) is 53.4 Å². The molecule has 1 N–H and O–H groups in total. The van der Waals surface area contributed by atoms with Crippen molar-refractivity contribution in [1.29, 1.82) is 0 Å². The van der Waals surface area contributed by atoms with Gasteiger partial charge in [0.1, 0.15) is 4.88 Å². The smallest absolute Gasteiger partial charge is 0.347 e. The molecular formula is C12H12N2O2S. The van der Waals surface area contributed by atoms with E-state index < -0.39 is 5.97 Å². The van der Waals surface area contributed by atoms with Crippen LogP contribution < -0.4 is 4.90 Å². The number of hydrogen-bond donors (Lipinski definition) is 1. The standard InChI is InChI=1S/C12H12N2O2S/c1-2-14(9-6-4-3-5-7-9)12-13-8-10(17-12)11(15)16/h3-8H,2H2,1H3,(H,15,16). The van der Waals surface area contributed by atoms with E-state index in [2.05, 4.69) is 4.98 Å². The third-order valence-electron chi connectivity index (χ3n) is 2.32. The summed E-state index contributed by atoms with van der Waals surface area (Å²) < 4.78 is 0. The van der Waals surface area contributed by atoms with Crippen molar-refractivity contribution in [1.82, 2.24) is 4.98 Å². The maximum absolute atomic E-state index is 10.8. The van der Waals surface area contributed by atoms with Gasteiger partial charge in [-0.3, -0.25) is 0 Å². The molecule has 17 heavy (non-hydrogen) atoms. The van der Waals surface area contributed by atoms with Crippen LogP contribution in [0.4, 0.5) is 10.8 Å². The molecule has 5 heteroatoms. The van der Waals surface area contributed by atoms with Crippen molar-refractivity contribution in [2.45, 2.75) is 6.92 Å². The molecule has 88 valence electrons. The molecule has 0 spiro atoms. The average Bonchev–Trinajstić information content (AvgIpc) is 2.81. The molecule has 1 aromatic carbocycles. The van der Waals surface area contributed by atoms with Crippen LogP contribution in [0.15, 0.2) is 36.5 Å². The second kappa shape index (κ2) is 4.97. The first kappa shape index (κ1) is 11.6. The molecule has 0 fully saturated rings. The van der Waals surface area contributed by atoms with Crippen LogP contribution in [0, 0.1) is 0 Å². The fraction of sp³-hybridized carbons (Fsp3) is 0.167. The minimum atomic E-state index is -0.933. The van der Waals surface area contributed by atoms with E-state index >= 15 is 0 Å². The quantitative estimate of drug-likeness (QED) is 0.903. The minimum absolute atomic E-state index is 0.259. The van der Waals surface area contributed by atoms with E-state index in [9.17, 15) is 4.79 Å². The van der Waals surface area contributed by atoms with Crippen LogP contribution in [-0.4, -0.2) is 22.6 Å². The zero-order valence-corrected chi connectivity index (χ0v) is 10.1. The summed E-state index contributed by atoms with van der Waals surface area (Å²) in [5.74, 6) is -0.933. The highest BCUT2D eigenvalue weighted by molar-refractivity contribution is 7.17. The number of hydrogen-bond acceptors (Lipinski definition) is 4. The molecule has 1 aromatic heterocycles. The first-order chi connectivity index (χ1) is 8.22. The Kier molecular flexibility index (Phi) is 3.39. The number of rotatable bonds is 4. The van der Waals surface area contributed by atoms with Gasteiger partial charge in [-0.2, -0.15) is 0 Å². The van der Waals surface area contributed by atoms with E-state index in [0.717, 1.165) is 12.2 Å². The Bertz CT molecular complexity index is 510. The molecule has 2 aromatic rings. The third-order valence-corrected chi connectivity index (χ3v) is 3.33. The lowest BCUT2D eigenvalue weighted by atomic mass is 10.3. The summed E-state index contributed by atoms with van der Waals surface area (Å²) in [6, 6.07) is 9.80. The Hall–Kier alpha value is -1.88. The van der Waals surface area contributed by atoms with Gasteiger partial charge < -0.3 is 10.0 Å². The summed E-state index contributed by atoms with van der Waals surface area (Å²) in [6.07, 6.45) is 1.40. The summed E-state index contributed by atoms with van der Waals surface area (Å²) in [4.78, 5) is 17.2. The Morgan fingerprint density at radius 2 is 2.12 bits per heavy atom. The second-order valence-electron chi connectivity index (χ2n) is 3.39. The van der Waals surface area contributed by atoms with E-state index in [1.165, 1.54) is 17.5 Å². The van der Waals surface area contributed by atoms with Gasteiger partial charge in [-0.1, -0.05) is 29.5 Å². The average molecular weight is 248 g/mol. The first-order valence-electron chi connectivity index (χ1n) is 5.24. The van der Waals surface area contributed by atoms with Crippen LogP contribution in [-0.2, 0) is 0 Å². The lowest BCUT2D eigenvalue weighted by Crippen LogP contribution is -2.15. The highest BCUT2D eigenvalue weighted by Gasteiger charge is 2.14. The van der Waals surface area contributed by atoms with Gasteiger partial charge in [-0.25, -0.2) is 9.78 Å². The Balaban J connectivity index is 2.32. The van der Waals surface area contributed by atoms with Gasteiger partial charge in [0.15, 0.2) is 5.13 Å². The Morgan fingerprint density at radius 1 is 1.41 bits per heavy atom. The first-order valence-corrected chi connectivity index (χ1v) is 6.05. The maximum Gasteiger partial charge on any atom is 0.347 e. The van der Waals surface area contributed by atoms with Gasteiger partial charge in [0, 0.05) is 12.2 Å². The molecule has 0 saturated carbocycles. The van der Waals surface area contributed by atoms with Gasteiger partial charge >= 0.3 is 5.97 Å². The molecular weight excluding hydrogens is 236 g/mol. The highest BCUT2D eigenvalue weighted by Crippen LogP contribution is 2.28. The number of carboxylic acid groups (broad SMARTS) is 1. The number of benzene rings is 1. The molecule has 4 nitrogen and oxygen atoms in total. The number of para-hydroxylation sites is 1. The van der Waals surface area contributed by atoms with E-state index in [-0.39, 0.29) is 4.88 Å². The SMILES string of the molecule is CCN(c1ccccc1)c1ncc(C(=O)O)s1. The number of carbonyl (C=O) groups is 1. The highest BCUT2D eigenvalue weighted by atomic mass is 32.1. The molecule has 2 rings (SSSR count).